The fourth-order valence-corrected chi connectivity index (χ4v) is 2.07. The third kappa shape index (κ3) is 3.28. The normalized spacial score (nSPS) is 14.5. The second-order valence-corrected chi connectivity index (χ2v) is 5.55. The summed E-state index contributed by atoms with van der Waals surface area (Å²) in [5.74, 6) is 0.186. The lowest BCUT2D eigenvalue weighted by molar-refractivity contribution is -0.119. The average molecular weight is 343 g/mol. The molecule has 4 heteroatoms. The molecule has 1 aromatic carbocycles. The van der Waals surface area contributed by atoms with Crippen LogP contribution in [0.15, 0.2) is 18.2 Å². The summed E-state index contributed by atoms with van der Waals surface area (Å²) in [7, 11) is 0. The van der Waals surface area contributed by atoms with Gasteiger partial charge in [-0.15, -0.1) is 0 Å². The van der Waals surface area contributed by atoms with Gasteiger partial charge in [0, 0.05) is 15.1 Å². The highest BCUT2D eigenvalue weighted by atomic mass is 127. The van der Waals surface area contributed by atoms with Crippen molar-refractivity contribution in [1.29, 1.82) is 0 Å². The lowest BCUT2D eigenvalue weighted by Crippen LogP contribution is -2.30. The minimum absolute atomic E-state index is 0.153. The van der Waals surface area contributed by atoms with Gasteiger partial charge in [0.25, 0.3) is 5.91 Å². The molecular formula is C13H14INO2. The van der Waals surface area contributed by atoms with Crippen LogP contribution in [0.5, 0.6) is 0 Å². The van der Waals surface area contributed by atoms with Crippen molar-refractivity contribution < 1.29 is 9.59 Å². The molecule has 1 fully saturated rings. The molecule has 17 heavy (non-hydrogen) atoms. The predicted octanol–water partition coefficient (Wildman–Crippen LogP) is 2.31. The molecule has 0 aliphatic heterocycles. The Morgan fingerprint density at radius 3 is 2.71 bits per heavy atom. The van der Waals surface area contributed by atoms with Crippen LogP contribution < -0.4 is 5.32 Å². The highest BCUT2D eigenvalue weighted by Crippen LogP contribution is 2.29. The van der Waals surface area contributed by atoms with Gasteiger partial charge in [0.05, 0.1) is 6.54 Å². The quantitative estimate of drug-likeness (QED) is 0.853. The molecule has 0 saturated heterocycles. The summed E-state index contributed by atoms with van der Waals surface area (Å²) < 4.78 is 1.06. The van der Waals surface area contributed by atoms with E-state index in [1.165, 1.54) is 0 Å². The number of ketones is 1. The molecule has 0 atom stereocenters. The number of benzene rings is 1. The van der Waals surface area contributed by atoms with Crippen LogP contribution >= 0.6 is 22.6 Å². The number of hydrogen-bond acceptors (Lipinski definition) is 2. The van der Waals surface area contributed by atoms with Crippen molar-refractivity contribution in [3.63, 3.8) is 0 Å². The van der Waals surface area contributed by atoms with Gasteiger partial charge in [-0.3, -0.25) is 9.59 Å². The summed E-state index contributed by atoms with van der Waals surface area (Å²) in [5.41, 5.74) is 1.76. The SMILES string of the molecule is Cc1ccc(C(=O)NCC(=O)C2CC2)cc1I. The first-order valence-electron chi connectivity index (χ1n) is 5.65. The number of amides is 1. The van der Waals surface area contributed by atoms with E-state index < -0.39 is 0 Å². The van der Waals surface area contributed by atoms with E-state index in [0.29, 0.717) is 5.56 Å². The predicted molar refractivity (Wildman–Crippen MR) is 74.0 cm³/mol. The van der Waals surface area contributed by atoms with Gasteiger partial charge >= 0.3 is 0 Å². The number of hydrogen-bond donors (Lipinski definition) is 1. The lowest BCUT2D eigenvalue weighted by atomic mass is 10.1. The molecule has 90 valence electrons. The first kappa shape index (κ1) is 12.5. The van der Waals surface area contributed by atoms with Crippen molar-refractivity contribution in [3.05, 3.63) is 32.9 Å². The van der Waals surface area contributed by atoms with Crippen molar-refractivity contribution >= 4 is 34.3 Å². The highest BCUT2D eigenvalue weighted by Gasteiger charge is 2.29. The van der Waals surface area contributed by atoms with Gasteiger partial charge in [-0.25, -0.2) is 0 Å². The summed E-state index contributed by atoms with van der Waals surface area (Å²) in [5, 5.41) is 2.67. The number of aryl methyl sites for hydroxylation is 1. The Hall–Kier alpha value is -0.910. The highest BCUT2D eigenvalue weighted by molar-refractivity contribution is 14.1. The molecule has 1 N–H and O–H groups in total. The van der Waals surface area contributed by atoms with Gasteiger partial charge < -0.3 is 5.32 Å². The molecule has 1 aliphatic rings. The Labute approximate surface area is 114 Å². The Kier molecular flexibility index (Phi) is 3.81. The molecule has 0 heterocycles. The minimum atomic E-state index is -0.170. The molecule has 3 nitrogen and oxygen atoms in total. The number of carbonyl (C=O) groups is 2. The van der Waals surface area contributed by atoms with Crippen molar-refractivity contribution in [2.45, 2.75) is 19.8 Å². The van der Waals surface area contributed by atoms with Crippen LogP contribution in [0.25, 0.3) is 0 Å². The molecule has 0 radical (unpaired) electrons. The first-order chi connectivity index (χ1) is 8.08. The van der Waals surface area contributed by atoms with Crippen LogP contribution in [0.3, 0.4) is 0 Å². The van der Waals surface area contributed by atoms with Crippen molar-refractivity contribution in [2.24, 2.45) is 5.92 Å². The molecule has 0 unspecified atom stereocenters. The van der Waals surface area contributed by atoms with Crippen molar-refractivity contribution in [2.75, 3.05) is 6.54 Å². The largest absolute Gasteiger partial charge is 0.345 e. The Bertz CT molecular complexity index is 466. The van der Waals surface area contributed by atoms with E-state index in [0.717, 1.165) is 22.0 Å². The van der Waals surface area contributed by atoms with Gasteiger partial charge in [-0.2, -0.15) is 0 Å². The van der Waals surface area contributed by atoms with E-state index in [-0.39, 0.29) is 24.2 Å². The standard InChI is InChI=1S/C13H14INO2/c1-8-2-3-10(6-11(8)14)13(17)15-7-12(16)9-4-5-9/h2-3,6,9H,4-5,7H2,1H3,(H,15,17). The lowest BCUT2D eigenvalue weighted by Gasteiger charge is -2.05. The van der Waals surface area contributed by atoms with E-state index in [2.05, 4.69) is 27.9 Å². The fourth-order valence-electron chi connectivity index (χ4n) is 1.55. The van der Waals surface area contributed by atoms with Crippen LogP contribution in [0.2, 0.25) is 0 Å². The molecule has 0 spiro atoms. The van der Waals surface area contributed by atoms with Gasteiger partial charge in [-0.05, 0) is 60.1 Å². The topological polar surface area (TPSA) is 46.2 Å². The number of carbonyl (C=O) groups excluding carboxylic acids is 2. The Balaban J connectivity index is 1.94. The maximum atomic E-state index is 11.8. The zero-order chi connectivity index (χ0) is 12.4. The van der Waals surface area contributed by atoms with E-state index in [4.69, 9.17) is 0 Å². The third-order valence-electron chi connectivity index (χ3n) is 2.89. The zero-order valence-electron chi connectivity index (χ0n) is 9.63. The van der Waals surface area contributed by atoms with Crippen molar-refractivity contribution in [3.8, 4) is 0 Å². The number of Topliss-reactive ketones (excluding diaryl/α,β-unsaturated/α-hetero) is 1. The van der Waals surface area contributed by atoms with E-state index in [1.54, 1.807) is 6.07 Å². The fraction of sp³-hybridized carbons (Fsp3) is 0.385. The van der Waals surface area contributed by atoms with E-state index >= 15 is 0 Å². The Morgan fingerprint density at radius 1 is 1.41 bits per heavy atom. The van der Waals surface area contributed by atoms with E-state index in [1.807, 2.05) is 19.1 Å². The van der Waals surface area contributed by atoms with Gasteiger partial charge in [0.1, 0.15) is 0 Å². The van der Waals surface area contributed by atoms with Crippen LogP contribution in [-0.2, 0) is 4.79 Å². The van der Waals surface area contributed by atoms with Crippen LogP contribution in [0.4, 0.5) is 0 Å². The monoisotopic (exact) mass is 343 g/mol. The summed E-state index contributed by atoms with van der Waals surface area (Å²) in [6.07, 6.45) is 1.97. The summed E-state index contributed by atoms with van der Waals surface area (Å²) in [4.78, 5) is 23.2. The molecular weight excluding hydrogens is 329 g/mol. The molecule has 2 rings (SSSR count). The van der Waals surface area contributed by atoms with Crippen LogP contribution in [-0.4, -0.2) is 18.2 Å². The number of rotatable bonds is 4. The summed E-state index contributed by atoms with van der Waals surface area (Å²) in [6.45, 7) is 2.16. The average Bonchev–Trinajstić information content (AvgIpc) is 3.13. The summed E-state index contributed by atoms with van der Waals surface area (Å²) >= 11 is 2.20. The molecule has 0 bridgehead atoms. The maximum absolute atomic E-state index is 11.8. The Morgan fingerprint density at radius 2 is 2.12 bits per heavy atom. The maximum Gasteiger partial charge on any atom is 0.251 e. The molecule has 1 amide bonds. The second-order valence-electron chi connectivity index (χ2n) is 4.39. The smallest absolute Gasteiger partial charge is 0.251 e. The van der Waals surface area contributed by atoms with Crippen LogP contribution in [0, 0.1) is 16.4 Å². The van der Waals surface area contributed by atoms with Gasteiger partial charge in [-0.1, -0.05) is 6.07 Å². The van der Waals surface area contributed by atoms with Gasteiger partial charge in [0.2, 0.25) is 0 Å². The number of nitrogens with one attached hydrogen (secondary N) is 1. The molecule has 1 aliphatic carbocycles. The van der Waals surface area contributed by atoms with E-state index in [9.17, 15) is 9.59 Å². The second kappa shape index (κ2) is 5.16. The van der Waals surface area contributed by atoms with Crippen LogP contribution in [0.1, 0.15) is 28.8 Å². The summed E-state index contributed by atoms with van der Waals surface area (Å²) in [6, 6.07) is 5.54. The number of halogens is 1. The molecule has 1 aromatic rings. The minimum Gasteiger partial charge on any atom is -0.345 e. The first-order valence-corrected chi connectivity index (χ1v) is 6.73. The zero-order valence-corrected chi connectivity index (χ0v) is 11.8. The van der Waals surface area contributed by atoms with Gasteiger partial charge in [0.15, 0.2) is 5.78 Å². The third-order valence-corrected chi connectivity index (χ3v) is 4.05. The molecule has 0 aromatic heterocycles. The van der Waals surface area contributed by atoms with Crippen molar-refractivity contribution in [1.82, 2.24) is 5.32 Å². The molecule has 1 saturated carbocycles.